The molecule has 0 heterocycles. The zero-order valence-electron chi connectivity index (χ0n) is 8.65. The van der Waals surface area contributed by atoms with Crippen LogP contribution in [0.15, 0.2) is 23.1 Å². The van der Waals surface area contributed by atoms with Crippen molar-refractivity contribution in [1.82, 2.24) is 0 Å². The summed E-state index contributed by atoms with van der Waals surface area (Å²) in [5.41, 5.74) is -0.450. The van der Waals surface area contributed by atoms with Crippen molar-refractivity contribution in [1.29, 1.82) is 0 Å². The molecule has 0 N–H and O–H groups in total. The van der Waals surface area contributed by atoms with Crippen molar-refractivity contribution in [3.05, 3.63) is 34.1 Å². The summed E-state index contributed by atoms with van der Waals surface area (Å²) in [7, 11) is 0. The Morgan fingerprint density at radius 2 is 2.31 bits per heavy atom. The Morgan fingerprint density at radius 3 is 2.88 bits per heavy atom. The molecule has 1 aromatic rings. The highest BCUT2D eigenvalue weighted by Crippen LogP contribution is 2.32. The van der Waals surface area contributed by atoms with Gasteiger partial charge in [0.25, 0.3) is 0 Å². The van der Waals surface area contributed by atoms with Gasteiger partial charge in [0, 0.05) is 11.6 Å². The molecule has 1 atom stereocenters. The standard InChI is InChI=1S/C10H11ClFNO2S/c1-7(5-11)6-16-9-4-2-3-8(12)10(9)13(14)15/h2-4,7H,5-6H2,1H3. The van der Waals surface area contributed by atoms with Crippen molar-refractivity contribution in [2.75, 3.05) is 11.6 Å². The summed E-state index contributed by atoms with van der Waals surface area (Å²) in [6.07, 6.45) is 0. The van der Waals surface area contributed by atoms with E-state index < -0.39 is 16.4 Å². The molecule has 0 bridgehead atoms. The third-order valence-corrected chi connectivity index (χ3v) is 3.82. The third-order valence-electron chi connectivity index (χ3n) is 1.92. The number of benzene rings is 1. The number of nitrogens with zero attached hydrogens (tertiary/aromatic N) is 1. The number of alkyl halides is 1. The smallest absolute Gasteiger partial charge is 0.258 e. The van der Waals surface area contributed by atoms with E-state index >= 15 is 0 Å². The predicted octanol–water partition coefficient (Wildman–Crippen LogP) is 3.70. The van der Waals surface area contributed by atoms with Crippen molar-refractivity contribution in [3.8, 4) is 0 Å². The molecule has 1 unspecified atom stereocenters. The quantitative estimate of drug-likeness (QED) is 0.352. The van der Waals surface area contributed by atoms with Crippen LogP contribution in [-0.4, -0.2) is 16.6 Å². The summed E-state index contributed by atoms with van der Waals surface area (Å²) in [6.45, 7) is 1.94. The van der Waals surface area contributed by atoms with E-state index in [1.165, 1.54) is 17.8 Å². The molecule has 0 aliphatic rings. The van der Waals surface area contributed by atoms with E-state index in [0.29, 0.717) is 16.5 Å². The second-order valence-electron chi connectivity index (χ2n) is 3.41. The van der Waals surface area contributed by atoms with Crippen LogP contribution in [-0.2, 0) is 0 Å². The van der Waals surface area contributed by atoms with Gasteiger partial charge in [0.05, 0.1) is 9.82 Å². The summed E-state index contributed by atoms with van der Waals surface area (Å²) in [4.78, 5) is 10.3. The van der Waals surface area contributed by atoms with Gasteiger partial charge in [0.2, 0.25) is 5.82 Å². The van der Waals surface area contributed by atoms with Crippen LogP contribution in [0.3, 0.4) is 0 Å². The normalized spacial score (nSPS) is 12.4. The molecule has 0 radical (unpaired) electrons. The van der Waals surface area contributed by atoms with Crippen LogP contribution in [0.2, 0.25) is 0 Å². The lowest BCUT2D eigenvalue weighted by Gasteiger charge is -2.07. The molecule has 0 spiro atoms. The van der Waals surface area contributed by atoms with Crippen LogP contribution in [0.5, 0.6) is 0 Å². The lowest BCUT2D eigenvalue weighted by atomic mass is 10.3. The van der Waals surface area contributed by atoms with Gasteiger partial charge < -0.3 is 0 Å². The molecule has 3 nitrogen and oxygen atoms in total. The minimum Gasteiger partial charge on any atom is -0.258 e. The topological polar surface area (TPSA) is 43.1 Å². The second-order valence-corrected chi connectivity index (χ2v) is 4.78. The van der Waals surface area contributed by atoms with Crippen molar-refractivity contribution in [2.24, 2.45) is 5.92 Å². The van der Waals surface area contributed by atoms with E-state index in [4.69, 9.17) is 11.6 Å². The molecule has 0 fully saturated rings. The van der Waals surface area contributed by atoms with Crippen molar-refractivity contribution in [3.63, 3.8) is 0 Å². The Balaban J connectivity index is 2.87. The number of nitro benzene ring substituents is 1. The highest BCUT2D eigenvalue weighted by molar-refractivity contribution is 7.99. The fraction of sp³-hybridized carbons (Fsp3) is 0.400. The van der Waals surface area contributed by atoms with Gasteiger partial charge in [-0.05, 0) is 18.1 Å². The van der Waals surface area contributed by atoms with Gasteiger partial charge in [-0.25, -0.2) is 0 Å². The Bertz CT molecular complexity index is 389. The van der Waals surface area contributed by atoms with E-state index in [9.17, 15) is 14.5 Å². The van der Waals surface area contributed by atoms with Crippen molar-refractivity contribution in [2.45, 2.75) is 11.8 Å². The van der Waals surface area contributed by atoms with Gasteiger partial charge >= 0.3 is 5.69 Å². The van der Waals surface area contributed by atoms with E-state index in [2.05, 4.69) is 0 Å². The van der Waals surface area contributed by atoms with Gasteiger partial charge in [-0.1, -0.05) is 13.0 Å². The number of para-hydroxylation sites is 1. The van der Waals surface area contributed by atoms with Crippen molar-refractivity contribution >= 4 is 29.1 Å². The number of halogens is 2. The molecular formula is C10H11ClFNO2S. The number of rotatable bonds is 5. The number of thioether (sulfide) groups is 1. The molecular weight excluding hydrogens is 253 g/mol. The predicted molar refractivity (Wildman–Crippen MR) is 63.7 cm³/mol. The largest absolute Gasteiger partial charge is 0.318 e. The van der Waals surface area contributed by atoms with Crippen molar-refractivity contribution < 1.29 is 9.31 Å². The summed E-state index contributed by atoms with van der Waals surface area (Å²) < 4.78 is 13.2. The fourth-order valence-electron chi connectivity index (χ4n) is 1.07. The van der Waals surface area contributed by atoms with Gasteiger partial charge in [-0.2, -0.15) is 4.39 Å². The van der Waals surface area contributed by atoms with E-state index in [1.807, 2.05) is 6.92 Å². The molecule has 0 saturated heterocycles. The lowest BCUT2D eigenvalue weighted by Crippen LogP contribution is -2.01. The third kappa shape index (κ3) is 3.35. The number of hydrogen-bond donors (Lipinski definition) is 0. The number of hydrogen-bond acceptors (Lipinski definition) is 3. The highest BCUT2D eigenvalue weighted by Gasteiger charge is 2.20. The maximum Gasteiger partial charge on any atom is 0.318 e. The van der Waals surface area contributed by atoms with Gasteiger partial charge in [-0.3, -0.25) is 10.1 Å². The summed E-state index contributed by atoms with van der Waals surface area (Å²) in [6, 6.07) is 4.11. The maximum atomic E-state index is 13.2. The summed E-state index contributed by atoms with van der Waals surface area (Å²) in [5.74, 6) is 0.548. The SMILES string of the molecule is CC(CCl)CSc1cccc(F)c1[N+](=O)[O-]. The lowest BCUT2D eigenvalue weighted by molar-refractivity contribution is -0.390. The monoisotopic (exact) mass is 263 g/mol. The molecule has 88 valence electrons. The molecule has 0 saturated carbocycles. The minimum atomic E-state index is -0.798. The highest BCUT2D eigenvalue weighted by atomic mass is 35.5. The van der Waals surface area contributed by atoms with E-state index in [1.54, 1.807) is 6.07 Å². The van der Waals surface area contributed by atoms with Crippen LogP contribution in [0.4, 0.5) is 10.1 Å². The van der Waals surface area contributed by atoms with Crippen LogP contribution in [0.25, 0.3) is 0 Å². The zero-order chi connectivity index (χ0) is 12.1. The average molecular weight is 264 g/mol. The van der Waals surface area contributed by atoms with Crippen LogP contribution in [0, 0.1) is 21.8 Å². The summed E-state index contributed by atoms with van der Waals surface area (Å²) in [5, 5.41) is 10.7. The van der Waals surface area contributed by atoms with E-state index in [-0.39, 0.29) is 5.92 Å². The fourth-order valence-corrected chi connectivity index (χ4v) is 2.37. The molecule has 1 rings (SSSR count). The number of nitro groups is 1. The van der Waals surface area contributed by atoms with Gasteiger partial charge in [-0.15, -0.1) is 23.4 Å². The molecule has 0 aliphatic heterocycles. The molecule has 16 heavy (non-hydrogen) atoms. The van der Waals surface area contributed by atoms with Gasteiger partial charge in [0.1, 0.15) is 0 Å². The first-order chi connectivity index (χ1) is 7.56. The molecule has 6 heteroatoms. The Kier molecular flexibility index (Phi) is 5.02. The molecule has 1 aromatic carbocycles. The second kappa shape index (κ2) is 6.06. The summed E-state index contributed by atoms with van der Waals surface area (Å²) >= 11 is 6.89. The molecule has 0 aromatic heterocycles. The van der Waals surface area contributed by atoms with Crippen LogP contribution < -0.4 is 0 Å². The molecule has 0 aliphatic carbocycles. The average Bonchev–Trinajstić information content (AvgIpc) is 2.25. The first-order valence-electron chi connectivity index (χ1n) is 4.68. The van der Waals surface area contributed by atoms with Gasteiger partial charge in [0.15, 0.2) is 0 Å². The van der Waals surface area contributed by atoms with Crippen LogP contribution in [0.1, 0.15) is 6.92 Å². The van der Waals surface area contributed by atoms with E-state index in [0.717, 1.165) is 6.07 Å². The van der Waals surface area contributed by atoms with Crippen LogP contribution >= 0.6 is 23.4 Å². The molecule has 0 amide bonds. The first kappa shape index (κ1) is 13.3. The Hall–Kier alpha value is -0.810. The maximum absolute atomic E-state index is 13.2. The minimum absolute atomic E-state index is 0.231. The zero-order valence-corrected chi connectivity index (χ0v) is 10.2. The first-order valence-corrected chi connectivity index (χ1v) is 6.20. The Labute approximate surface area is 102 Å². The Morgan fingerprint density at radius 1 is 1.62 bits per heavy atom.